The Kier molecular flexibility index (Phi) is 3.69. The maximum Gasteiger partial charge on any atom is 0.259 e. The molecule has 124 valence electrons. The number of nitrogens with one attached hydrogen (secondary N) is 1. The third-order valence-electron chi connectivity index (χ3n) is 4.31. The van der Waals surface area contributed by atoms with E-state index in [1.54, 1.807) is 12.4 Å². The largest absolute Gasteiger partial charge is 0.325 e. The fraction of sp³-hybridized carbons (Fsp3) is 0.150. The summed E-state index contributed by atoms with van der Waals surface area (Å²) in [6.07, 6.45) is 5.35. The van der Waals surface area contributed by atoms with Gasteiger partial charge in [-0.3, -0.25) is 9.78 Å². The van der Waals surface area contributed by atoms with Crippen molar-refractivity contribution in [3.63, 3.8) is 0 Å². The molecule has 0 aliphatic carbocycles. The van der Waals surface area contributed by atoms with Gasteiger partial charge in [-0.15, -0.1) is 0 Å². The van der Waals surface area contributed by atoms with E-state index in [1.165, 1.54) is 5.56 Å². The van der Waals surface area contributed by atoms with Gasteiger partial charge in [-0.05, 0) is 49.1 Å². The second-order valence-electron chi connectivity index (χ2n) is 6.26. The molecule has 25 heavy (non-hydrogen) atoms. The number of imidazole rings is 1. The molecule has 1 N–H and O–H groups in total. The fourth-order valence-electron chi connectivity index (χ4n) is 3.20. The van der Waals surface area contributed by atoms with Crippen molar-refractivity contribution < 1.29 is 0 Å². The third kappa shape index (κ3) is 2.85. The van der Waals surface area contributed by atoms with Crippen molar-refractivity contribution >= 4 is 10.9 Å². The number of hydrogen-bond acceptors (Lipinski definition) is 3. The van der Waals surface area contributed by atoms with Crippen LogP contribution < -0.4 is 5.56 Å². The van der Waals surface area contributed by atoms with Crippen LogP contribution in [0, 0.1) is 13.8 Å². The van der Waals surface area contributed by atoms with E-state index in [9.17, 15) is 4.79 Å². The molecular weight excluding hydrogens is 312 g/mol. The first-order valence-electron chi connectivity index (χ1n) is 8.17. The first kappa shape index (κ1) is 15.3. The Morgan fingerprint density at radius 3 is 2.76 bits per heavy atom. The standard InChI is InChI=1S/C20H18N4O/c1-13-9-14(2)18-15(10-13)11-17(20(25)23-18)19-22-7-8-24(19)12-16-5-3-4-6-21-16/h3-11H,12H2,1-2H3,(H,23,25). The molecule has 0 bridgehead atoms. The molecule has 0 saturated carbocycles. The average Bonchev–Trinajstić information content (AvgIpc) is 3.04. The molecule has 0 radical (unpaired) electrons. The normalized spacial score (nSPS) is 11.1. The van der Waals surface area contributed by atoms with Gasteiger partial charge in [-0.25, -0.2) is 4.98 Å². The van der Waals surface area contributed by atoms with E-state index in [1.807, 2.05) is 42.0 Å². The van der Waals surface area contributed by atoms with Gasteiger partial charge < -0.3 is 9.55 Å². The summed E-state index contributed by atoms with van der Waals surface area (Å²) >= 11 is 0. The van der Waals surface area contributed by atoms with Crippen molar-refractivity contribution in [3.05, 3.63) is 82.2 Å². The van der Waals surface area contributed by atoms with Crippen molar-refractivity contribution in [2.24, 2.45) is 0 Å². The van der Waals surface area contributed by atoms with Crippen LogP contribution in [0.4, 0.5) is 0 Å². The molecule has 4 rings (SSSR count). The Morgan fingerprint density at radius 2 is 1.96 bits per heavy atom. The van der Waals surface area contributed by atoms with Gasteiger partial charge >= 0.3 is 0 Å². The van der Waals surface area contributed by atoms with Crippen molar-refractivity contribution in [3.8, 4) is 11.4 Å². The average molecular weight is 330 g/mol. The molecule has 0 spiro atoms. The zero-order chi connectivity index (χ0) is 17.4. The number of aryl methyl sites for hydroxylation is 2. The van der Waals surface area contributed by atoms with Crippen LogP contribution in [0.25, 0.3) is 22.3 Å². The van der Waals surface area contributed by atoms with Crippen LogP contribution in [-0.2, 0) is 6.54 Å². The van der Waals surface area contributed by atoms with Crippen molar-refractivity contribution in [1.82, 2.24) is 19.5 Å². The van der Waals surface area contributed by atoms with Crippen LogP contribution in [-0.4, -0.2) is 19.5 Å². The Bertz CT molecular complexity index is 1110. The topological polar surface area (TPSA) is 63.6 Å². The highest BCUT2D eigenvalue weighted by Crippen LogP contribution is 2.22. The van der Waals surface area contributed by atoms with Crippen LogP contribution in [0.15, 0.2) is 59.8 Å². The Hall–Kier alpha value is -3.21. The summed E-state index contributed by atoms with van der Waals surface area (Å²) in [5.41, 5.74) is 4.47. The molecule has 0 aliphatic heterocycles. The summed E-state index contributed by atoms with van der Waals surface area (Å²) in [7, 11) is 0. The zero-order valence-corrected chi connectivity index (χ0v) is 14.2. The lowest BCUT2D eigenvalue weighted by atomic mass is 10.1. The van der Waals surface area contributed by atoms with Crippen LogP contribution in [0.5, 0.6) is 0 Å². The summed E-state index contributed by atoms with van der Waals surface area (Å²) in [4.78, 5) is 24.4. The molecule has 1 aromatic carbocycles. The Morgan fingerprint density at radius 1 is 1.08 bits per heavy atom. The SMILES string of the molecule is Cc1cc(C)c2[nH]c(=O)c(-c3nccn3Cc3ccccn3)cc2c1. The zero-order valence-electron chi connectivity index (χ0n) is 14.2. The lowest BCUT2D eigenvalue weighted by molar-refractivity contribution is 0.781. The van der Waals surface area contributed by atoms with E-state index in [-0.39, 0.29) is 5.56 Å². The molecule has 0 saturated heterocycles. The number of pyridine rings is 2. The predicted octanol–water partition coefficient (Wildman–Crippen LogP) is 3.45. The van der Waals surface area contributed by atoms with E-state index in [4.69, 9.17) is 0 Å². The van der Waals surface area contributed by atoms with Crippen molar-refractivity contribution in [2.75, 3.05) is 0 Å². The number of aromatic amines is 1. The lowest BCUT2D eigenvalue weighted by Gasteiger charge is -2.09. The monoisotopic (exact) mass is 330 g/mol. The number of benzene rings is 1. The summed E-state index contributed by atoms with van der Waals surface area (Å²) < 4.78 is 1.95. The fourth-order valence-corrected chi connectivity index (χ4v) is 3.20. The number of H-pyrrole nitrogens is 1. The second kappa shape index (κ2) is 6.02. The van der Waals surface area contributed by atoms with Crippen LogP contribution in [0.2, 0.25) is 0 Å². The minimum Gasteiger partial charge on any atom is -0.325 e. The number of hydrogen-bond donors (Lipinski definition) is 1. The highest BCUT2D eigenvalue weighted by Gasteiger charge is 2.13. The second-order valence-corrected chi connectivity index (χ2v) is 6.26. The third-order valence-corrected chi connectivity index (χ3v) is 4.31. The van der Waals surface area contributed by atoms with Gasteiger partial charge in [0.1, 0.15) is 5.82 Å². The van der Waals surface area contributed by atoms with Gasteiger partial charge in [0, 0.05) is 18.6 Å². The molecule has 0 atom stereocenters. The highest BCUT2D eigenvalue weighted by atomic mass is 16.1. The molecule has 0 fully saturated rings. The van der Waals surface area contributed by atoms with Crippen LogP contribution >= 0.6 is 0 Å². The van der Waals surface area contributed by atoms with Crippen LogP contribution in [0.3, 0.4) is 0 Å². The minimum absolute atomic E-state index is 0.132. The van der Waals surface area contributed by atoms with Crippen molar-refractivity contribution in [1.29, 1.82) is 0 Å². The summed E-state index contributed by atoms with van der Waals surface area (Å²) in [6.45, 7) is 4.63. The Labute approximate surface area is 145 Å². The van der Waals surface area contributed by atoms with Gasteiger partial charge in [0.2, 0.25) is 0 Å². The summed E-state index contributed by atoms with van der Waals surface area (Å²) in [5, 5.41) is 1.01. The van der Waals surface area contributed by atoms with E-state index in [0.29, 0.717) is 17.9 Å². The van der Waals surface area contributed by atoms with E-state index in [0.717, 1.165) is 22.2 Å². The first-order valence-corrected chi connectivity index (χ1v) is 8.17. The molecule has 4 aromatic rings. The smallest absolute Gasteiger partial charge is 0.259 e. The molecule has 0 amide bonds. The molecule has 0 aliphatic rings. The van der Waals surface area contributed by atoms with E-state index >= 15 is 0 Å². The molecule has 5 heteroatoms. The van der Waals surface area contributed by atoms with Gasteiger partial charge in [0.05, 0.1) is 23.3 Å². The minimum atomic E-state index is -0.132. The number of aromatic nitrogens is 4. The van der Waals surface area contributed by atoms with Crippen molar-refractivity contribution in [2.45, 2.75) is 20.4 Å². The molecular formula is C20H18N4O. The molecule has 5 nitrogen and oxygen atoms in total. The maximum atomic E-state index is 12.6. The first-order chi connectivity index (χ1) is 12.1. The summed E-state index contributed by atoms with van der Waals surface area (Å²) in [5.74, 6) is 0.646. The van der Waals surface area contributed by atoms with Gasteiger partial charge in [0.25, 0.3) is 5.56 Å². The summed E-state index contributed by atoms with van der Waals surface area (Å²) in [6, 6.07) is 11.9. The van der Waals surface area contributed by atoms with E-state index in [2.05, 4.69) is 34.0 Å². The number of rotatable bonds is 3. The van der Waals surface area contributed by atoms with Gasteiger partial charge in [-0.1, -0.05) is 17.7 Å². The lowest BCUT2D eigenvalue weighted by Crippen LogP contribution is -2.13. The predicted molar refractivity (Wildman–Crippen MR) is 98.6 cm³/mol. The molecule has 3 aromatic heterocycles. The van der Waals surface area contributed by atoms with Gasteiger partial charge in [-0.2, -0.15) is 0 Å². The molecule has 0 unspecified atom stereocenters. The quantitative estimate of drug-likeness (QED) is 0.626. The van der Waals surface area contributed by atoms with Gasteiger partial charge in [0.15, 0.2) is 0 Å². The maximum absolute atomic E-state index is 12.6. The molecule has 3 heterocycles. The number of fused-ring (bicyclic) bond motifs is 1. The van der Waals surface area contributed by atoms with E-state index < -0.39 is 0 Å². The van der Waals surface area contributed by atoms with Crippen LogP contribution in [0.1, 0.15) is 16.8 Å². The highest BCUT2D eigenvalue weighted by molar-refractivity contribution is 5.85. The number of nitrogens with zero attached hydrogens (tertiary/aromatic N) is 3. The Balaban J connectivity index is 1.84.